The van der Waals surface area contributed by atoms with E-state index in [1.54, 1.807) is 11.7 Å². The van der Waals surface area contributed by atoms with Crippen molar-refractivity contribution in [2.24, 2.45) is 7.05 Å². The Kier molecular flexibility index (Phi) is 8.70. The number of hydrogen-bond acceptors (Lipinski definition) is 9. The lowest BCUT2D eigenvalue weighted by Crippen LogP contribution is -2.16. The molecule has 38 heavy (non-hydrogen) atoms. The summed E-state index contributed by atoms with van der Waals surface area (Å²) < 4.78 is 17.9. The minimum Gasteiger partial charge on any atom is -0.497 e. The van der Waals surface area contributed by atoms with E-state index in [0.717, 1.165) is 22.4 Å². The highest BCUT2D eigenvalue weighted by atomic mass is 32.2. The van der Waals surface area contributed by atoms with Crippen molar-refractivity contribution in [1.29, 1.82) is 0 Å². The normalized spacial score (nSPS) is 10.8. The molecule has 0 atom stereocenters. The Morgan fingerprint density at radius 3 is 2.55 bits per heavy atom. The number of hydrogen-bond donors (Lipinski definition) is 1. The third kappa shape index (κ3) is 6.17. The molecule has 0 aliphatic rings. The van der Waals surface area contributed by atoms with Gasteiger partial charge in [-0.05, 0) is 48.7 Å². The van der Waals surface area contributed by atoms with Crippen molar-refractivity contribution >= 4 is 40.0 Å². The van der Waals surface area contributed by atoms with Gasteiger partial charge in [-0.1, -0.05) is 36.0 Å². The number of esters is 1. The van der Waals surface area contributed by atoms with E-state index in [0.29, 0.717) is 32.9 Å². The average molecular weight is 553 g/mol. The number of methoxy groups -OCH3 is 2. The second kappa shape index (κ2) is 12.1. The first kappa shape index (κ1) is 27.2. The number of aryl methyl sites for hydroxylation is 2. The fraction of sp³-hybridized carbons (Fsp3) is 0.259. The van der Waals surface area contributed by atoms with Gasteiger partial charge in [0, 0.05) is 18.0 Å². The molecule has 0 aliphatic heterocycles. The van der Waals surface area contributed by atoms with E-state index in [9.17, 15) is 9.59 Å². The van der Waals surface area contributed by atoms with Crippen molar-refractivity contribution in [3.8, 4) is 22.6 Å². The number of thioether (sulfide) groups is 1. The highest BCUT2D eigenvalue weighted by Crippen LogP contribution is 2.37. The number of carbonyl (C=O) groups excluding carboxylic acids is 2. The molecule has 0 spiro atoms. The Hall–Kier alpha value is -3.83. The van der Waals surface area contributed by atoms with Gasteiger partial charge in [0.25, 0.3) is 0 Å². The first-order valence-corrected chi connectivity index (χ1v) is 13.5. The predicted octanol–water partition coefficient (Wildman–Crippen LogP) is 5.27. The van der Waals surface area contributed by atoms with Crippen LogP contribution in [0.25, 0.3) is 11.1 Å². The summed E-state index contributed by atoms with van der Waals surface area (Å²) in [7, 11) is 4.74. The summed E-state index contributed by atoms with van der Waals surface area (Å²) in [4.78, 5) is 25.4. The molecule has 0 bridgehead atoms. The summed E-state index contributed by atoms with van der Waals surface area (Å²) in [6, 6.07) is 13.4. The highest BCUT2D eigenvalue weighted by molar-refractivity contribution is 7.99. The number of nitrogens with one attached hydrogen (secondary N) is 1. The summed E-state index contributed by atoms with van der Waals surface area (Å²) in [6.07, 6.45) is 0. The minimum atomic E-state index is -0.526. The molecule has 198 valence electrons. The first-order chi connectivity index (χ1) is 18.3. The third-order valence-electron chi connectivity index (χ3n) is 5.79. The fourth-order valence-corrected chi connectivity index (χ4v) is 5.34. The van der Waals surface area contributed by atoms with Crippen molar-refractivity contribution in [2.75, 3.05) is 25.3 Å². The van der Waals surface area contributed by atoms with E-state index in [1.807, 2.05) is 68.7 Å². The standard InChI is InChI=1S/C27H28N4O5S2/c1-16-6-7-17(2)21(12-16)36-13-22-29-30-27(31(22)3)38-15-23(32)28-25-24(26(33)35-5)20(14-37-25)18-8-10-19(34-4)11-9-18/h6-12,14H,13,15H2,1-5H3,(H,28,32). The molecule has 0 aliphatic carbocycles. The van der Waals surface area contributed by atoms with Gasteiger partial charge in [-0.3, -0.25) is 4.79 Å². The summed E-state index contributed by atoms with van der Waals surface area (Å²) in [6.45, 7) is 4.26. The van der Waals surface area contributed by atoms with Crippen LogP contribution in [-0.4, -0.2) is 46.6 Å². The zero-order valence-electron chi connectivity index (χ0n) is 21.7. The fourth-order valence-electron chi connectivity index (χ4n) is 3.63. The molecule has 2 aromatic carbocycles. The lowest BCUT2D eigenvalue weighted by atomic mass is 10.0. The number of rotatable bonds is 10. The van der Waals surface area contributed by atoms with Gasteiger partial charge < -0.3 is 24.1 Å². The molecular weight excluding hydrogens is 524 g/mol. The van der Waals surface area contributed by atoms with Crippen LogP contribution < -0.4 is 14.8 Å². The quantitative estimate of drug-likeness (QED) is 0.210. The Bertz CT molecular complexity index is 1450. The van der Waals surface area contributed by atoms with Crippen LogP contribution in [0.4, 0.5) is 5.00 Å². The maximum Gasteiger partial charge on any atom is 0.341 e. The van der Waals surface area contributed by atoms with E-state index < -0.39 is 5.97 Å². The van der Waals surface area contributed by atoms with Gasteiger partial charge in [-0.15, -0.1) is 21.5 Å². The molecule has 0 fully saturated rings. The number of carbonyl (C=O) groups is 2. The second-order valence-corrected chi connectivity index (χ2v) is 10.2. The van der Waals surface area contributed by atoms with E-state index in [-0.39, 0.29) is 18.3 Å². The van der Waals surface area contributed by atoms with E-state index >= 15 is 0 Å². The van der Waals surface area contributed by atoms with Crippen molar-refractivity contribution in [3.05, 3.63) is 70.4 Å². The van der Waals surface area contributed by atoms with Crippen LogP contribution in [0.2, 0.25) is 0 Å². The Balaban J connectivity index is 1.41. The van der Waals surface area contributed by atoms with Crippen molar-refractivity contribution in [1.82, 2.24) is 14.8 Å². The van der Waals surface area contributed by atoms with E-state index in [4.69, 9.17) is 14.2 Å². The van der Waals surface area contributed by atoms with Crippen molar-refractivity contribution < 1.29 is 23.8 Å². The number of amides is 1. The number of ether oxygens (including phenoxy) is 3. The number of nitrogens with zero attached hydrogens (tertiary/aromatic N) is 3. The van der Waals surface area contributed by atoms with Gasteiger partial charge in [0.2, 0.25) is 5.91 Å². The zero-order valence-corrected chi connectivity index (χ0v) is 23.4. The molecule has 1 N–H and O–H groups in total. The maximum atomic E-state index is 12.8. The lowest BCUT2D eigenvalue weighted by molar-refractivity contribution is -0.113. The van der Waals surface area contributed by atoms with Crippen LogP contribution in [0.5, 0.6) is 11.5 Å². The molecule has 0 saturated heterocycles. The second-order valence-electron chi connectivity index (χ2n) is 8.43. The molecule has 2 aromatic heterocycles. The van der Waals surface area contributed by atoms with Crippen molar-refractivity contribution in [3.63, 3.8) is 0 Å². The first-order valence-electron chi connectivity index (χ1n) is 11.7. The van der Waals surface area contributed by atoms with Crippen LogP contribution >= 0.6 is 23.1 Å². The van der Waals surface area contributed by atoms with E-state index in [1.165, 1.54) is 30.2 Å². The topological polar surface area (TPSA) is 105 Å². The predicted molar refractivity (Wildman–Crippen MR) is 148 cm³/mol. The molecule has 11 heteroatoms. The molecular formula is C27H28N4O5S2. The SMILES string of the molecule is COC(=O)c1c(-c2ccc(OC)cc2)csc1NC(=O)CSc1nnc(COc2cc(C)ccc2C)n1C. The molecule has 4 aromatic rings. The van der Waals surface area contributed by atoms with Crippen LogP contribution in [0.15, 0.2) is 53.0 Å². The van der Waals surface area contributed by atoms with Gasteiger partial charge in [-0.25, -0.2) is 4.79 Å². The minimum absolute atomic E-state index is 0.0835. The molecule has 0 saturated carbocycles. The largest absolute Gasteiger partial charge is 0.497 e. The molecule has 2 heterocycles. The maximum absolute atomic E-state index is 12.8. The summed E-state index contributed by atoms with van der Waals surface area (Å²) in [5.41, 5.74) is 3.95. The highest BCUT2D eigenvalue weighted by Gasteiger charge is 2.23. The number of thiophene rings is 1. The number of aromatic nitrogens is 3. The summed E-state index contributed by atoms with van der Waals surface area (Å²) in [5, 5.41) is 14.1. The van der Waals surface area contributed by atoms with E-state index in [2.05, 4.69) is 15.5 Å². The van der Waals surface area contributed by atoms with Gasteiger partial charge in [0.15, 0.2) is 11.0 Å². The average Bonchev–Trinajstić information content (AvgIpc) is 3.50. The molecule has 9 nitrogen and oxygen atoms in total. The van der Waals surface area contributed by atoms with Crippen LogP contribution in [0.1, 0.15) is 27.3 Å². The van der Waals surface area contributed by atoms with Crippen LogP contribution in [0.3, 0.4) is 0 Å². The van der Waals surface area contributed by atoms with Gasteiger partial charge in [0.05, 0.1) is 20.0 Å². The smallest absolute Gasteiger partial charge is 0.341 e. The zero-order chi connectivity index (χ0) is 27.2. The number of benzene rings is 2. The number of anilines is 1. The summed E-state index contributed by atoms with van der Waals surface area (Å²) >= 11 is 2.51. The van der Waals surface area contributed by atoms with Crippen LogP contribution in [0, 0.1) is 13.8 Å². The summed E-state index contributed by atoms with van der Waals surface area (Å²) in [5.74, 6) is 1.43. The molecule has 1 amide bonds. The van der Waals surface area contributed by atoms with Gasteiger partial charge >= 0.3 is 5.97 Å². The molecule has 0 unspecified atom stereocenters. The van der Waals surface area contributed by atoms with Crippen molar-refractivity contribution in [2.45, 2.75) is 25.6 Å². The van der Waals surface area contributed by atoms with Gasteiger partial charge in [-0.2, -0.15) is 0 Å². The Labute approximate surface area is 229 Å². The molecule has 4 rings (SSSR count). The van der Waals surface area contributed by atoms with Gasteiger partial charge in [0.1, 0.15) is 28.7 Å². The van der Waals surface area contributed by atoms with Crippen LogP contribution in [-0.2, 0) is 23.2 Å². The molecule has 0 radical (unpaired) electrons. The Morgan fingerprint density at radius 2 is 1.84 bits per heavy atom. The monoisotopic (exact) mass is 552 g/mol. The lowest BCUT2D eigenvalue weighted by Gasteiger charge is -2.10. The third-order valence-corrected chi connectivity index (χ3v) is 7.71. The Morgan fingerprint density at radius 1 is 1.08 bits per heavy atom.